The number of hydrogen-bond acceptors (Lipinski definition) is 2. The van der Waals surface area contributed by atoms with Gasteiger partial charge in [0.05, 0.1) is 22.8 Å². The standard InChI is InChI=1S/C27H31N3/c1-18(19-11-12-19)29-15-3-2-10-25(29)27-24(17-28)23-14-13-21(20-6-4-7-20)16-26(23)30(27)22-8-5-9-22/h2-3,10,13-16,18-20,22,25H,4-9,11-12H2,1H3/t18-,25?/m0/s1. The van der Waals surface area contributed by atoms with Crippen LogP contribution in [0, 0.1) is 17.2 Å². The van der Waals surface area contributed by atoms with E-state index in [1.165, 1.54) is 68.1 Å². The van der Waals surface area contributed by atoms with Crippen molar-refractivity contribution in [3.63, 3.8) is 0 Å². The molecule has 1 aromatic carbocycles. The molecule has 0 N–H and O–H groups in total. The van der Waals surface area contributed by atoms with Crippen molar-refractivity contribution in [3.8, 4) is 6.07 Å². The van der Waals surface area contributed by atoms with Gasteiger partial charge in [-0.3, -0.25) is 0 Å². The minimum atomic E-state index is 0.153. The van der Waals surface area contributed by atoms with Crippen molar-refractivity contribution in [2.45, 2.75) is 82.3 Å². The molecule has 3 heteroatoms. The zero-order valence-corrected chi connectivity index (χ0v) is 17.9. The van der Waals surface area contributed by atoms with Gasteiger partial charge in [0.2, 0.25) is 0 Å². The summed E-state index contributed by atoms with van der Waals surface area (Å²) in [6, 6.07) is 10.8. The zero-order valence-electron chi connectivity index (χ0n) is 17.9. The summed E-state index contributed by atoms with van der Waals surface area (Å²) in [6.45, 7) is 2.37. The topological polar surface area (TPSA) is 32.0 Å². The molecule has 0 amide bonds. The molecule has 1 aliphatic heterocycles. The number of fused-ring (bicyclic) bond motifs is 1. The van der Waals surface area contributed by atoms with E-state index in [9.17, 15) is 5.26 Å². The molecule has 0 spiro atoms. The highest BCUT2D eigenvalue weighted by Crippen LogP contribution is 2.46. The Kier molecular flexibility index (Phi) is 4.30. The minimum Gasteiger partial charge on any atom is -0.362 e. The van der Waals surface area contributed by atoms with Gasteiger partial charge in [0.15, 0.2) is 0 Å². The zero-order chi connectivity index (χ0) is 20.2. The first kappa shape index (κ1) is 18.3. The molecule has 2 atom stereocenters. The van der Waals surface area contributed by atoms with Gasteiger partial charge in [0.25, 0.3) is 0 Å². The molecular weight excluding hydrogens is 366 g/mol. The van der Waals surface area contributed by atoms with Gasteiger partial charge >= 0.3 is 0 Å². The fourth-order valence-corrected chi connectivity index (χ4v) is 5.74. The van der Waals surface area contributed by atoms with Crippen molar-refractivity contribution in [3.05, 3.63) is 59.4 Å². The largest absolute Gasteiger partial charge is 0.362 e. The molecule has 3 fully saturated rings. The molecule has 6 rings (SSSR count). The van der Waals surface area contributed by atoms with E-state index in [0.29, 0.717) is 12.1 Å². The van der Waals surface area contributed by atoms with Crippen LogP contribution in [0.3, 0.4) is 0 Å². The predicted molar refractivity (Wildman–Crippen MR) is 121 cm³/mol. The van der Waals surface area contributed by atoms with Gasteiger partial charge < -0.3 is 9.47 Å². The second-order valence-corrected chi connectivity index (χ2v) is 9.93. The highest BCUT2D eigenvalue weighted by Gasteiger charge is 2.38. The van der Waals surface area contributed by atoms with Gasteiger partial charge in [-0.1, -0.05) is 30.7 Å². The van der Waals surface area contributed by atoms with E-state index >= 15 is 0 Å². The van der Waals surface area contributed by atoms with E-state index < -0.39 is 0 Å². The van der Waals surface area contributed by atoms with Crippen LogP contribution in [0.15, 0.2) is 42.6 Å². The summed E-state index contributed by atoms with van der Waals surface area (Å²) in [5.74, 6) is 1.51. The second kappa shape index (κ2) is 7.05. The van der Waals surface area contributed by atoms with Crippen molar-refractivity contribution in [2.75, 3.05) is 0 Å². The van der Waals surface area contributed by atoms with Crippen LogP contribution >= 0.6 is 0 Å². The first-order valence-electron chi connectivity index (χ1n) is 12.0. The Labute approximate surface area is 179 Å². The van der Waals surface area contributed by atoms with E-state index in [4.69, 9.17) is 0 Å². The molecule has 154 valence electrons. The number of nitriles is 1. The SMILES string of the molecule is C[C@@H](C1CC1)N1C=CC=CC1c1c(C#N)c2ccc(C3CCC3)cc2n1C1CCC1. The van der Waals surface area contributed by atoms with Gasteiger partial charge in [0.1, 0.15) is 6.07 Å². The molecule has 0 radical (unpaired) electrons. The summed E-state index contributed by atoms with van der Waals surface area (Å²) >= 11 is 0. The average Bonchev–Trinajstić information content (AvgIpc) is 3.49. The van der Waals surface area contributed by atoms with Crippen LogP contribution in [0.1, 0.15) is 93.1 Å². The van der Waals surface area contributed by atoms with Crippen molar-refractivity contribution >= 4 is 10.9 Å². The Hall–Kier alpha value is -2.47. The molecule has 1 aromatic heterocycles. The van der Waals surface area contributed by atoms with Crippen LogP contribution in [0.25, 0.3) is 10.9 Å². The Morgan fingerprint density at radius 2 is 1.83 bits per heavy atom. The van der Waals surface area contributed by atoms with Crippen molar-refractivity contribution in [2.24, 2.45) is 5.92 Å². The fourth-order valence-electron chi connectivity index (χ4n) is 5.74. The highest BCUT2D eigenvalue weighted by molar-refractivity contribution is 5.89. The van der Waals surface area contributed by atoms with E-state index in [1.54, 1.807) is 0 Å². The number of benzene rings is 1. The van der Waals surface area contributed by atoms with Crippen molar-refractivity contribution < 1.29 is 0 Å². The second-order valence-electron chi connectivity index (χ2n) is 9.93. The maximum Gasteiger partial charge on any atom is 0.102 e. The van der Waals surface area contributed by atoms with Gasteiger partial charge in [-0.05, 0) is 81.4 Å². The Morgan fingerprint density at radius 1 is 1.03 bits per heavy atom. The van der Waals surface area contributed by atoms with Crippen molar-refractivity contribution in [1.29, 1.82) is 5.26 Å². The Balaban J connectivity index is 1.53. The molecule has 0 saturated heterocycles. The molecule has 3 nitrogen and oxygen atoms in total. The highest BCUT2D eigenvalue weighted by atomic mass is 15.2. The summed E-state index contributed by atoms with van der Waals surface area (Å²) in [4.78, 5) is 2.52. The van der Waals surface area contributed by atoms with Crippen LogP contribution in [-0.4, -0.2) is 15.5 Å². The molecule has 30 heavy (non-hydrogen) atoms. The molecule has 3 saturated carbocycles. The summed E-state index contributed by atoms with van der Waals surface area (Å²) in [6.07, 6.45) is 19.3. The third-order valence-corrected chi connectivity index (χ3v) is 8.23. The monoisotopic (exact) mass is 397 g/mol. The normalized spacial score (nSPS) is 25.2. The Morgan fingerprint density at radius 3 is 2.47 bits per heavy atom. The number of nitrogens with zero attached hydrogens (tertiary/aromatic N) is 3. The number of aromatic nitrogens is 1. The predicted octanol–water partition coefficient (Wildman–Crippen LogP) is 6.73. The lowest BCUT2D eigenvalue weighted by molar-refractivity contribution is 0.210. The quantitative estimate of drug-likeness (QED) is 0.560. The van der Waals surface area contributed by atoms with E-state index in [1.807, 2.05) is 0 Å². The van der Waals surface area contributed by atoms with Gasteiger partial charge in [-0.15, -0.1) is 0 Å². The van der Waals surface area contributed by atoms with Gasteiger partial charge in [0, 0.05) is 23.7 Å². The maximum atomic E-state index is 10.3. The first-order chi connectivity index (χ1) is 14.8. The van der Waals surface area contributed by atoms with E-state index in [2.05, 4.69) is 65.1 Å². The number of allylic oxidation sites excluding steroid dienone is 2. The lowest BCUT2D eigenvalue weighted by Crippen LogP contribution is -2.36. The number of rotatable bonds is 5. The maximum absolute atomic E-state index is 10.3. The van der Waals surface area contributed by atoms with Gasteiger partial charge in [-0.25, -0.2) is 0 Å². The summed E-state index contributed by atoms with van der Waals surface area (Å²) in [5, 5.41) is 11.4. The minimum absolute atomic E-state index is 0.153. The van der Waals surface area contributed by atoms with Crippen LogP contribution < -0.4 is 0 Å². The summed E-state index contributed by atoms with van der Waals surface area (Å²) in [7, 11) is 0. The van der Waals surface area contributed by atoms with Crippen LogP contribution in [0.2, 0.25) is 0 Å². The lowest BCUT2D eigenvalue weighted by Gasteiger charge is -2.39. The molecule has 3 aliphatic carbocycles. The van der Waals surface area contributed by atoms with E-state index in [0.717, 1.165) is 22.8 Å². The molecule has 4 aliphatic rings. The first-order valence-corrected chi connectivity index (χ1v) is 12.0. The lowest BCUT2D eigenvalue weighted by atomic mass is 9.80. The molecule has 2 aromatic rings. The third kappa shape index (κ3) is 2.77. The van der Waals surface area contributed by atoms with E-state index in [-0.39, 0.29) is 6.04 Å². The van der Waals surface area contributed by atoms with Crippen LogP contribution in [0.4, 0.5) is 0 Å². The van der Waals surface area contributed by atoms with Gasteiger partial charge in [-0.2, -0.15) is 5.26 Å². The molecule has 1 unspecified atom stereocenters. The summed E-state index contributed by atoms with van der Waals surface area (Å²) < 4.78 is 2.58. The Bertz CT molecular complexity index is 1070. The number of hydrogen-bond donors (Lipinski definition) is 0. The molecule has 0 bridgehead atoms. The smallest absolute Gasteiger partial charge is 0.102 e. The van der Waals surface area contributed by atoms with Crippen molar-refractivity contribution in [1.82, 2.24) is 9.47 Å². The third-order valence-electron chi connectivity index (χ3n) is 8.23. The fraction of sp³-hybridized carbons (Fsp3) is 0.519. The molecule has 2 heterocycles. The van der Waals surface area contributed by atoms with Crippen LogP contribution in [0.5, 0.6) is 0 Å². The molecular formula is C27H31N3. The average molecular weight is 398 g/mol. The van der Waals surface area contributed by atoms with Crippen LogP contribution in [-0.2, 0) is 0 Å². The summed E-state index contributed by atoms with van der Waals surface area (Å²) in [5.41, 5.74) is 4.91.